The number of Topliss-reactive ketones (excluding diaryl/α,β-unsaturated/α-hetero) is 1. The fourth-order valence-electron chi connectivity index (χ4n) is 2.51. The smallest absolute Gasteiger partial charge is 0.180 e. The van der Waals surface area contributed by atoms with Gasteiger partial charge in [-0.05, 0) is 18.9 Å². The molecule has 1 saturated heterocycles. The molecular formula is C14H16N2O2. The first-order valence-corrected chi connectivity index (χ1v) is 6.34. The Bertz CT molecular complexity index is 582. The van der Waals surface area contributed by atoms with Gasteiger partial charge in [0.25, 0.3) is 0 Å². The number of hydrogen-bond donors (Lipinski definition) is 0. The van der Waals surface area contributed by atoms with E-state index >= 15 is 0 Å². The molecule has 1 aromatic heterocycles. The number of fused-ring (bicyclic) bond motifs is 1. The van der Waals surface area contributed by atoms with Crippen LogP contribution in [0.15, 0.2) is 24.3 Å². The van der Waals surface area contributed by atoms with Gasteiger partial charge < -0.3 is 4.74 Å². The Balaban J connectivity index is 2.02. The summed E-state index contributed by atoms with van der Waals surface area (Å²) in [5.41, 5.74) is 1.57. The largest absolute Gasteiger partial charge is 0.376 e. The second-order valence-electron chi connectivity index (χ2n) is 4.74. The molecule has 0 bridgehead atoms. The molecule has 1 unspecified atom stereocenters. The van der Waals surface area contributed by atoms with Crippen molar-refractivity contribution in [3.8, 4) is 0 Å². The van der Waals surface area contributed by atoms with E-state index in [0.717, 1.165) is 36.9 Å². The third-order valence-corrected chi connectivity index (χ3v) is 3.39. The molecule has 2 heterocycles. The molecule has 1 atom stereocenters. The molecule has 0 aliphatic carbocycles. The molecule has 4 heteroatoms. The first-order valence-electron chi connectivity index (χ1n) is 6.34. The zero-order valence-corrected chi connectivity index (χ0v) is 10.4. The Morgan fingerprint density at radius 1 is 1.50 bits per heavy atom. The van der Waals surface area contributed by atoms with E-state index in [1.165, 1.54) is 0 Å². The number of ether oxygens (including phenoxy) is 1. The molecule has 1 fully saturated rings. The van der Waals surface area contributed by atoms with Crippen LogP contribution in [0.25, 0.3) is 10.9 Å². The van der Waals surface area contributed by atoms with Crippen molar-refractivity contribution in [3.63, 3.8) is 0 Å². The Morgan fingerprint density at radius 2 is 2.33 bits per heavy atom. The van der Waals surface area contributed by atoms with Gasteiger partial charge in [0.1, 0.15) is 5.69 Å². The molecule has 1 aromatic carbocycles. The summed E-state index contributed by atoms with van der Waals surface area (Å²) in [6, 6.07) is 7.86. The van der Waals surface area contributed by atoms with Gasteiger partial charge in [-0.3, -0.25) is 9.48 Å². The molecule has 2 aromatic rings. The first-order chi connectivity index (χ1) is 8.75. The number of nitrogens with zero attached hydrogens (tertiary/aromatic N) is 2. The quantitative estimate of drug-likeness (QED) is 0.779. The Kier molecular flexibility index (Phi) is 2.88. The van der Waals surface area contributed by atoms with Crippen molar-refractivity contribution in [1.29, 1.82) is 0 Å². The summed E-state index contributed by atoms with van der Waals surface area (Å²) >= 11 is 0. The normalized spacial score (nSPS) is 19.5. The van der Waals surface area contributed by atoms with Gasteiger partial charge in [-0.15, -0.1) is 0 Å². The lowest BCUT2D eigenvalue weighted by molar-refractivity contribution is 0.0939. The van der Waals surface area contributed by atoms with Crippen molar-refractivity contribution in [3.05, 3.63) is 30.0 Å². The van der Waals surface area contributed by atoms with E-state index in [0.29, 0.717) is 5.69 Å². The molecule has 0 spiro atoms. The van der Waals surface area contributed by atoms with Crippen molar-refractivity contribution < 1.29 is 9.53 Å². The molecule has 18 heavy (non-hydrogen) atoms. The summed E-state index contributed by atoms with van der Waals surface area (Å²) in [5.74, 6) is 0.0114. The average molecular weight is 244 g/mol. The minimum absolute atomic E-state index is 0.0114. The standard InChI is InChI=1S/C14H16N2O2/c1-10(17)14-12-6-2-3-7-13(12)16(15-14)9-11-5-4-8-18-11/h2-3,6-7,11H,4-5,8-9H2,1H3. The maximum atomic E-state index is 11.6. The highest BCUT2D eigenvalue weighted by Gasteiger charge is 2.19. The maximum Gasteiger partial charge on any atom is 0.180 e. The lowest BCUT2D eigenvalue weighted by Gasteiger charge is -2.09. The monoisotopic (exact) mass is 244 g/mol. The van der Waals surface area contributed by atoms with Crippen molar-refractivity contribution in [2.45, 2.75) is 32.4 Å². The van der Waals surface area contributed by atoms with Crippen LogP contribution in [0.3, 0.4) is 0 Å². The van der Waals surface area contributed by atoms with Gasteiger partial charge in [0, 0.05) is 18.9 Å². The van der Waals surface area contributed by atoms with E-state index < -0.39 is 0 Å². The molecule has 94 valence electrons. The summed E-state index contributed by atoms with van der Waals surface area (Å²) in [6.07, 6.45) is 2.42. The van der Waals surface area contributed by atoms with Gasteiger partial charge in [0.2, 0.25) is 0 Å². The molecule has 0 amide bonds. The average Bonchev–Trinajstić information content (AvgIpc) is 2.98. The molecule has 1 aliphatic rings. The van der Waals surface area contributed by atoms with E-state index in [9.17, 15) is 4.79 Å². The van der Waals surface area contributed by atoms with Gasteiger partial charge in [0.05, 0.1) is 18.2 Å². The van der Waals surface area contributed by atoms with Crippen molar-refractivity contribution in [2.24, 2.45) is 0 Å². The summed E-state index contributed by atoms with van der Waals surface area (Å²) in [7, 11) is 0. The number of ketones is 1. The Hall–Kier alpha value is -1.68. The zero-order chi connectivity index (χ0) is 12.5. The molecule has 0 radical (unpaired) electrons. The highest BCUT2D eigenvalue weighted by Crippen LogP contribution is 2.21. The number of hydrogen-bond acceptors (Lipinski definition) is 3. The number of para-hydroxylation sites is 1. The zero-order valence-electron chi connectivity index (χ0n) is 10.4. The lowest BCUT2D eigenvalue weighted by Crippen LogP contribution is -2.16. The van der Waals surface area contributed by atoms with E-state index in [4.69, 9.17) is 4.74 Å². The second-order valence-corrected chi connectivity index (χ2v) is 4.74. The molecular weight excluding hydrogens is 228 g/mol. The fraction of sp³-hybridized carbons (Fsp3) is 0.429. The van der Waals surface area contributed by atoms with Crippen LogP contribution in [-0.2, 0) is 11.3 Å². The molecule has 4 nitrogen and oxygen atoms in total. The summed E-state index contributed by atoms with van der Waals surface area (Å²) in [4.78, 5) is 11.6. The highest BCUT2D eigenvalue weighted by molar-refractivity contribution is 6.04. The van der Waals surface area contributed by atoms with Gasteiger partial charge >= 0.3 is 0 Å². The lowest BCUT2D eigenvalue weighted by atomic mass is 10.1. The van der Waals surface area contributed by atoms with Gasteiger partial charge in [0.15, 0.2) is 5.78 Å². The van der Waals surface area contributed by atoms with Gasteiger partial charge in [-0.2, -0.15) is 5.10 Å². The van der Waals surface area contributed by atoms with Crippen LogP contribution in [0.4, 0.5) is 0 Å². The van der Waals surface area contributed by atoms with Gasteiger partial charge in [-0.1, -0.05) is 18.2 Å². The SMILES string of the molecule is CC(=O)c1nn(CC2CCCO2)c2ccccc12. The minimum atomic E-state index is 0.0114. The van der Waals surface area contributed by atoms with E-state index in [1.54, 1.807) is 6.92 Å². The maximum absolute atomic E-state index is 11.6. The van der Waals surface area contributed by atoms with Crippen LogP contribution in [-0.4, -0.2) is 28.3 Å². The number of aromatic nitrogens is 2. The van der Waals surface area contributed by atoms with E-state index in [-0.39, 0.29) is 11.9 Å². The number of benzene rings is 1. The van der Waals surface area contributed by atoms with Crippen molar-refractivity contribution in [1.82, 2.24) is 9.78 Å². The molecule has 3 rings (SSSR count). The molecule has 0 saturated carbocycles. The summed E-state index contributed by atoms with van der Waals surface area (Å²) < 4.78 is 7.53. The number of carbonyl (C=O) groups is 1. The first kappa shape index (κ1) is 11.4. The van der Waals surface area contributed by atoms with Crippen LogP contribution < -0.4 is 0 Å². The third kappa shape index (κ3) is 1.93. The van der Waals surface area contributed by atoms with Crippen LogP contribution in [0.5, 0.6) is 0 Å². The molecule has 0 N–H and O–H groups in total. The second kappa shape index (κ2) is 4.53. The Morgan fingerprint density at radius 3 is 3.06 bits per heavy atom. The van der Waals surface area contributed by atoms with Crippen LogP contribution in [0, 0.1) is 0 Å². The summed E-state index contributed by atoms with van der Waals surface area (Å²) in [6.45, 7) is 3.13. The minimum Gasteiger partial charge on any atom is -0.376 e. The molecule has 1 aliphatic heterocycles. The number of carbonyl (C=O) groups excluding carboxylic acids is 1. The van der Waals surface area contributed by atoms with Gasteiger partial charge in [-0.25, -0.2) is 0 Å². The fourth-order valence-corrected chi connectivity index (χ4v) is 2.51. The van der Waals surface area contributed by atoms with E-state index in [2.05, 4.69) is 5.10 Å². The Labute approximate surface area is 106 Å². The van der Waals surface area contributed by atoms with Crippen molar-refractivity contribution >= 4 is 16.7 Å². The van der Waals surface area contributed by atoms with Crippen LogP contribution in [0.1, 0.15) is 30.3 Å². The topological polar surface area (TPSA) is 44.1 Å². The van der Waals surface area contributed by atoms with Crippen LogP contribution >= 0.6 is 0 Å². The summed E-state index contributed by atoms with van der Waals surface area (Å²) in [5, 5.41) is 5.37. The highest BCUT2D eigenvalue weighted by atomic mass is 16.5. The van der Waals surface area contributed by atoms with E-state index in [1.807, 2.05) is 28.9 Å². The predicted octanol–water partition coefficient (Wildman–Crippen LogP) is 2.42. The van der Waals surface area contributed by atoms with Crippen molar-refractivity contribution in [2.75, 3.05) is 6.61 Å². The predicted molar refractivity (Wildman–Crippen MR) is 68.7 cm³/mol. The van der Waals surface area contributed by atoms with Crippen LogP contribution in [0.2, 0.25) is 0 Å². The third-order valence-electron chi connectivity index (χ3n) is 3.39. The number of rotatable bonds is 3.